The van der Waals surface area contributed by atoms with Crippen LogP contribution in [0.15, 0.2) is 36.9 Å². The van der Waals surface area contributed by atoms with Gasteiger partial charge in [0.2, 0.25) is 5.91 Å². The molecule has 0 aromatic carbocycles. The lowest BCUT2D eigenvalue weighted by molar-refractivity contribution is -0.116. The molecule has 23 heavy (non-hydrogen) atoms. The lowest BCUT2D eigenvalue weighted by Gasteiger charge is -2.22. The van der Waals surface area contributed by atoms with Crippen LogP contribution in [-0.2, 0) is 11.3 Å². The van der Waals surface area contributed by atoms with Gasteiger partial charge >= 0.3 is 0 Å². The number of H-pyrrole nitrogens is 1. The summed E-state index contributed by atoms with van der Waals surface area (Å²) in [4.78, 5) is 23.7. The Bertz CT molecular complexity index is 851. The average molecular weight is 308 g/mol. The van der Waals surface area contributed by atoms with Crippen LogP contribution in [0.4, 0.5) is 5.82 Å². The molecule has 0 aliphatic carbocycles. The van der Waals surface area contributed by atoms with Crippen LogP contribution in [0, 0.1) is 6.92 Å². The van der Waals surface area contributed by atoms with Gasteiger partial charge in [-0.2, -0.15) is 5.10 Å². The monoisotopic (exact) mass is 308 g/mol. The van der Waals surface area contributed by atoms with Crippen LogP contribution >= 0.6 is 0 Å². The molecule has 0 unspecified atom stereocenters. The van der Waals surface area contributed by atoms with Crippen molar-refractivity contribution in [2.24, 2.45) is 0 Å². The van der Waals surface area contributed by atoms with Gasteiger partial charge in [-0.25, -0.2) is 9.67 Å². The van der Waals surface area contributed by atoms with Crippen molar-refractivity contribution in [2.75, 3.05) is 5.32 Å². The summed E-state index contributed by atoms with van der Waals surface area (Å²) in [5, 5.41) is 7.39. The maximum atomic E-state index is 12.1. The minimum atomic E-state index is -0.0846. The van der Waals surface area contributed by atoms with Crippen molar-refractivity contribution in [2.45, 2.75) is 25.8 Å². The Labute approximate surface area is 132 Å². The predicted molar refractivity (Wildman–Crippen MR) is 84.0 cm³/mol. The van der Waals surface area contributed by atoms with E-state index in [4.69, 9.17) is 0 Å². The van der Waals surface area contributed by atoms with Crippen molar-refractivity contribution in [3.05, 3.63) is 59.6 Å². The Morgan fingerprint density at radius 3 is 2.87 bits per heavy atom. The van der Waals surface area contributed by atoms with Crippen LogP contribution in [0.25, 0.3) is 0 Å². The fourth-order valence-electron chi connectivity index (χ4n) is 2.90. The number of aromatic nitrogens is 5. The van der Waals surface area contributed by atoms with Crippen LogP contribution in [0.5, 0.6) is 0 Å². The van der Waals surface area contributed by atoms with E-state index >= 15 is 0 Å². The smallest absolute Gasteiger partial charge is 0.226 e. The van der Waals surface area contributed by atoms with Crippen LogP contribution in [0.3, 0.4) is 0 Å². The number of carbonyl (C=O) groups excluding carboxylic acids is 1. The van der Waals surface area contributed by atoms with Crippen molar-refractivity contribution >= 4 is 11.7 Å². The molecule has 3 aromatic rings. The largest absolute Gasteiger partial charge is 0.346 e. The molecule has 4 heterocycles. The first kappa shape index (κ1) is 13.7. The summed E-state index contributed by atoms with van der Waals surface area (Å²) in [6, 6.07) is 3.87. The highest BCUT2D eigenvalue weighted by molar-refractivity contribution is 5.94. The standard InChI is InChI=1S/C16H16N6O/c1-10-7-18-15(20-10)12-6-14(23)21-16-13(12)8-19-22(16)9-11-2-4-17-5-3-11/h2-5,7-8,12H,6,9H2,1H3,(H,18,20)(H,21,23)/t12-/m0/s1. The Morgan fingerprint density at radius 2 is 2.13 bits per heavy atom. The second-order valence-corrected chi connectivity index (χ2v) is 5.72. The molecular weight excluding hydrogens is 292 g/mol. The number of pyridine rings is 1. The topological polar surface area (TPSA) is 88.5 Å². The Balaban J connectivity index is 1.71. The van der Waals surface area contributed by atoms with E-state index in [0.29, 0.717) is 13.0 Å². The molecule has 0 fully saturated rings. The van der Waals surface area contributed by atoms with E-state index in [0.717, 1.165) is 28.5 Å². The molecule has 1 aliphatic rings. The van der Waals surface area contributed by atoms with E-state index in [2.05, 4.69) is 25.4 Å². The highest BCUT2D eigenvalue weighted by Crippen LogP contribution is 2.35. The zero-order valence-corrected chi connectivity index (χ0v) is 12.7. The fourth-order valence-corrected chi connectivity index (χ4v) is 2.90. The fraction of sp³-hybridized carbons (Fsp3) is 0.250. The molecule has 116 valence electrons. The summed E-state index contributed by atoms with van der Waals surface area (Å²) in [7, 11) is 0. The van der Waals surface area contributed by atoms with Gasteiger partial charge in [-0.1, -0.05) is 0 Å². The zero-order chi connectivity index (χ0) is 15.8. The number of imidazole rings is 1. The average Bonchev–Trinajstić information content (AvgIpc) is 3.15. The lowest BCUT2D eigenvalue weighted by Crippen LogP contribution is -2.25. The zero-order valence-electron chi connectivity index (χ0n) is 12.7. The Hall–Kier alpha value is -2.96. The molecule has 1 atom stereocenters. The summed E-state index contributed by atoms with van der Waals surface area (Å²) in [6.45, 7) is 2.54. The molecule has 0 radical (unpaired) electrons. The van der Waals surface area contributed by atoms with Gasteiger partial charge in [0.25, 0.3) is 0 Å². The number of hydrogen-bond acceptors (Lipinski definition) is 4. The first-order chi connectivity index (χ1) is 11.2. The summed E-state index contributed by atoms with van der Waals surface area (Å²) in [6.07, 6.45) is 7.47. The summed E-state index contributed by atoms with van der Waals surface area (Å²) in [5.74, 6) is 1.45. The highest BCUT2D eigenvalue weighted by atomic mass is 16.1. The summed E-state index contributed by atoms with van der Waals surface area (Å²) in [5.41, 5.74) is 3.06. The number of anilines is 1. The number of aromatic amines is 1. The lowest BCUT2D eigenvalue weighted by atomic mass is 9.93. The van der Waals surface area contributed by atoms with Gasteiger partial charge in [-0.05, 0) is 24.6 Å². The second kappa shape index (κ2) is 5.35. The third-order valence-corrected chi connectivity index (χ3v) is 4.02. The number of carbonyl (C=O) groups is 1. The molecular formula is C16H16N6O. The van der Waals surface area contributed by atoms with Crippen LogP contribution in [0.2, 0.25) is 0 Å². The Kier molecular flexibility index (Phi) is 3.18. The Morgan fingerprint density at radius 1 is 1.30 bits per heavy atom. The maximum Gasteiger partial charge on any atom is 0.226 e. The van der Waals surface area contributed by atoms with Gasteiger partial charge in [-0.3, -0.25) is 9.78 Å². The van der Waals surface area contributed by atoms with Crippen molar-refractivity contribution in [1.82, 2.24) is 24.7 Å². The van der Waals surface area contributed by atoms with E-state index < -0.39 is 0 Å². The van der Waals surface area contributed by atoms with E-state index in [1.807, 2.05) is 29.9 Å². The molecule has 0 saturated carbocycles. The number of hydrogen-bond donors (Lipinski definition) is 2. The normalized spacial score (nSPS) is 16.9. The maximum absolute atomic E-state index is 12.1. The van der Waals surface area contributed by atoms with Crippen LogP contribution < -0.4 is 5.32 Å². The van der Waals surface area contributed by atoms with Gasteiger partial charge in [0.05, 0.1) is 18.7 Å². The van der Waals surface area contributed by atoms with E-state index in [9.17, 15) is 4.79 Å². The van der Waals surface area contributed by atoms with Gasteiger partial charge in [0.1, 0.15) is 11.6 Å². The number of fused-ring (bicyclic) bond motifs is 1. The van der Waals surface area contributed by atoms with Crippen LogP contribution in [-0.4, -0.2) is 30.6 Å². The van der Waals surface area contributed by atoms with Crippen LogP contribution in [0.1, 0.15) is 35.0 Å². The first-order valence-electron chi connectivity index (χ1n) is 7.46. The molecule has 0 spiro atoms. The minimum absolute atomic E-state index is 0.0203. The quantitative estimate of drug-likeness (QED) is 0.772. The SMILES string of the molecule is Cc1cnc([C@H]2CC(=O)Nc3c2cnn3Cc2ccncc2)[nH]1. The predicted octanol–water partition coefficient (Wildman–Crippen LogP) is 1.83. The number of nitrogens with one attached hydrogen (secondary N) is 2. The summed E-state index contributed by atoms with van der Waals surface area (Å²) < 4.78 is 1.81. The van der Waals surface area contributed by atoms with Crippen molar-refractivity contribution in [3.8, 4) is 0 Å². The molecule has 1 amide bonds. The number of amides is 1. The van der Waals surface area contributed by atoms with Crippen molar-refractivity contribution < 1.29 is 4.79 Å². The molecule has 0 bridgehead atoms. The van der Waals surface area contributed by atoms with Gasteiger partial charge < -0.3 is 10.3 Å². The number of nitrogens with zero attached hydrogens (tertiary/aromatic N) is 4. The molecule has 0 saturated heterocycles. The molecule has 1 aliphatic heterocycles. The molecule has 7 nitrogen and oxygen atoms in total. The third-order valence-electron chi connectivity index (χ3n) is 4.02. The first-order valence-corrected chi connectivity index (χ1v) is 7.46. The van der Waals surface area contributed by atoms with Gasteiger partial charge in [0, 0.05) is 36.3 Å². The number of aryl methyl sites for hydroxylation is 1. The number of rotatable bonds is 3. The van der Waals surface area contributed by atoms with E-state index in [1.165, 1.54) is 0 Å². The van der Waals surface area contributed by atoms with E-state index in [1.54, 1.807) is 18.6 Å². The minimum Gasteiger partial charge on any atom is -0.346 e. The van der Waals surface area contributed by atoms with E-state index in [-0.39, 0.29) is 11.8 Å². The van der Waals surface area contributed by atoms with Gasteiger partial charge in [0.15, 0.2) is 0 Å². The molecule has 4 rings (SSSR count). The van der Waals surface area contributed by atoms with Crippen molar-refractivity contribution in [3.63, 3.8) is 0 Å². The third kappa shape index (κ3) is 2.50. The van der Waals surface area contributed by atoms with Gasteiger partial charge in [-0.15, -0.1) is 0 Å². The summed E-state index contributed by atoms with van der Waals surface area (Å²) >= 11 is 0. The molecule has 2 N–H and O–H groups in total. The molecule has 7 heteroatoms. The second-order valence-electron chi connectivity index (χ2n) is 5.72. The molecule has 3 aromatic heterocycles. The van der Waals surface area contributed by atoms with Crippen molar-refractivity contribution in [1.29, 1.82) is 0 Å². The highest BCUT2D eigenvalue weighted by Gasteiger charge is 2.31.